The van der Waals surface area contributed by atoms with Crippen LogP contribution in [0.2, 0.25) is 4.34 Å². The van der Waals surface area contributed by atoms with E-state index < -0.39 is 0 Å². The monoisotopic (exact) mass is 289 g/mol. The first-order valence-corrected chi connectivity index (χ1v) is 8.72. The second kappa shape index (κ2) is 7.67. The lowest BCUT2D eigenvalue weighted by molar-refractivity contribution is 0.622. The smallest absolute Gasteiger partial charge is 0.0931 e. The second-order valence-corrected chi connectivity index (χ2v) is 7.56. The van der Waals surface area contributed by atoms with Gasteiger partial charge in [0.25, 0.3) is 0 Å². The highest BCUT2D eigenvalue weighted by Gasteiger charge is 2.14. The van der Waals surface area contributed by atoms with Gasteiger partial charge in [0.2, 0.25) is 0 Å². The Hall–Kier alpha value is 0.300. The zero-order valence-corrected chi connectivity index (χ0v) is 12.5. The molecule has 96 valence electrons. The molecular formula is C13H20ClNS2. The summed E-state index contributed by atoms with van der Waals surface area (Å²) in [4.78, 5) is 1.33. The predicted molar refractivity (Wildman–Crippen MR) is 80.3 cm³/mol. The molecule has 1 aliphatic carbocycles. The Labute approximate surface area is 117 Å². The van der Waals surface area contributed by atoms with Crippen molar-refractivity contribution >= 4 is 34.7 Å². The topological polar surface area (TPSA) is 12.0 Å². The standard InChI is InChI=1S/C13H20ClNS2/c14-13-6-5-12(17-13)9-15-7-8-16-10-11-3-1-2-4-11/h5-6,11,15H,1-4,7-10H2. The van der Waals surface area contributed by atoms with Crippen molar-refractivity contribution in [1.82, 2.24) is 5.32 Å². The Morgan fingerprint density at radius 2 is 2.18 bits per heavy atom. The van der Waals surface area contributed by atoms with Crippen LogP contribution in [0.5, 0.6) is 0 Å². The van der Waals surface area contributed by atoms with Crippen LogP contribution in [0, 0.1) is 5.92 Å². The summed E-state index contributed by atoms with van der Waals surface area (Å²) in [6.07, 6.45) is 5.85. The SMILES string of the molecule is Clc1ccc(CNCCSCC2CCCC2)s1. The molecular weight excluding hydrogens is 270 g/mol. The van der Waals surface area contributed by atoms with Gasteiger partial charge in [-0.1, -0.05) is 24.4 Å². The van der Waals surface area contributed by atoms with Crippen LogP contribution in [0.15, 0.2) is 12.1 Å². The molecule has 0 atom stereocenters. The Kier molecular flexibility index (Phi) is 6.19. The minimum absolute atomic E-state index is 0.886. The molecule has 0 bridgehead atoms. The molecule has 1 fully saturated rings. The van der Waals surface area contributed by atoms with Gasteiger partial charge in [-0.15, -0.1) is 11.3 Å². The third-order valence-corrected chi connectivity index (χ3v) is 5.61. The average Bonchev–Trinajstić information content (AvgIpc) is 2.95. The molecule has 0 aliphatic heterocycles. The zero-order valence-electron chi connectivity index (χ0n) is 10.1. The molecule has 0 amide bonds. The maximum absolute atomic E-state index is 5.88. The molecule has 1 saturated carbocycles. The molecule has 0 spiro atoms. The number of rotatable bonds is 7. The summed E-state index contributed by atoms with van der Waals surface area (Å²) in [6.45, 7) is 2.06. The number of hydrogen-bond acceptors (Lipinski definition) is 3. The van der Waals surface area contributed by atoms with Crippen molar-refractivity contribution in [2.75, 3.05) is 18.1 Å². The number of nitrogens with one attached hydrogen (secondary N) is 1. The first-order valence-electron chi connectivity index (χ1n) is 6.37. The maximum Gasteiger partial charge on any atom is 0.0931 e. The lowest BCUT2D eigenvalue weighted by Crippen LogP contribution is -2.16. The van der Waals surface area contributed by atoms with Crippen LogP contribution in [-0.4, -0.2) is 18.1 Å². The summed E-state index contributed by atoms with van der Waals surface area (Å²) < 4.78 is 0.886. The van der Waals surface area contributed by atoms with E-state index in [2.05, 4.69) is 23.1 Å². The molecule has 0 saturated heterocycles. The van der Waals surface area contributed by atoms with Crippen molar-refractivity contribution < 1.29 is 0 Å². The van der Waals surface area contributed by atoms with E-state index in [1.54, 1.807) is 11.3 Å². The normalized spacial score (nSPS) is 16.8. The van der Waals surface area contributed by atoms with E-state index >= 15 is 0 Å². The molecule has 1 nitrogen and oxygen atoms in total. The molecule has 1 aromatic heterocycles. The summed E-state index contributed by atoms with van der Waals surface area (Å²) >= 11 is 9.66. The summed E-state index contributed by atoms with van der Waals surface area (Å²) in [5.74, 6) is 3.61. The van der Waals surface area contributed by atoms with Crippen molar-refractivity contribution in [2.24, 2.45) is 5.92 Å². The van der Waals surface area contributed by atoms with E-state index in [1.807, 2.05) is 6.07 Å². The van der Waals surface area contributed by atoms with Gasteiger partial charge in [0.1, 0.15) is 0 Å². The Balaban J connectivity index is 1.46. The molecule has 17 heavy (non-hydrogen) atoms. The maximum atomic E-state index is 5.88. The first-order chi connectivity index (χ1) is 8.34. The minimum Gasteiger partial charge on any atom is -0.311 e. The van der Waals surface area contributed by atoms with Crippen LogP contribution in [-0.2, 0) is 6.54 Å². The summed E-state index contributed by atoms with van der Waals surface area (Å²) in [6, 6.07) is 4.07. The van der Waals surface area contributed by atoms with Crippen LogP contribution in [0.4, 0.5) is 0 Å². The summed E-state index contributed by atoms with van der Waals surface area (Å²) in [5, 5.41) is 3.47. The third kappa shape index (κ3) is 5.21. The van der Waals surface area contributed by atoms with Crippen LogP contribution in [0.3, 0.4) is 0 Å². The van der Waals surface area contributed by atoms with Gasteiger partial charge in [-0.25, -0.2) is 0 Å². The van der Waals surface area contributed by atoms with Gasteiger partial charge in [0.15, 0.2) is 0 Å². The number of halogens is 1. The van der Waals surface area contributed by atoms with Gasteiger partial charge in [-0.05, 0) is 36.6 Å². The third-order valence-electron chi connectivity index (χ3n) is 3.18. The quantitative estimate of drug-likeness (QED) is 0.746. The molecule has 4 heteroatoms. The van der Waals surface area contributed by atoms with Crippen LogP contribution in [0.1, 0.15) is 30.6 Å². The average molecular weight is 290 g/mol. The molecule has 1 heterocycles. The lowest BCUT2D eigenvalue weighted by Gasteiger charge is -2.08. The van der Waals surface area contributed by atoms with E-state index in [-0.39, 0.29) is 0 Å². The first kappa shape index (κ1) is 13.7. The van der Waals surface area contributed by atoms with Crippen LogP contribution >= 0.6 is 34.7 Å². The van der Waals surface area contributed by atoms with Gasteiger partial charge in [0.05, 0.1) is 4.34 Å². The Bertz CT molecular complexity index is 321. The fourth-order valence-corrected chi connectivity index (χ4v) is 4.41. The van der Waals surface area contributed by atoms with Crippen molar-refractivity contribution in [3.8, 4) is 0 Å². The largest absolute Gasteiger partial charge is 0.311 e. The van der Waals surface area contributed by atoms with Gasteiger partial charge in [-0.2, -0.15) is 11.8 Å². The fraction of sp³-hybridized carbons (Fsp3) is 0.692. The van der Waals surface area contributed by atoms with Crippen molar-refractivity contribution in [3.05, 3.63) is 21.3 Å². The summed E-state index contributed by atoms with van der Waals surface area (Å²) in [5.41, 5.74) is 0. The van der Waals surface area contributed by atoms with Crippen molar-refractivity contribution in [2.45, 2.75) is 32.2 Å². The molecule has 0 unspecified atom stereocenters. The molecule has 0 radical (unpaired) electrons. The fourth-order valence-electron chi connectivity index (χ4n) is 2.23. The van der Waals surface area contributed by atoms with Gasteiger partial charge in [-0.3, -0.25) is 0 Å². The van der Waals surface area contributed by atoms with E-state index in [4.69, 9.17) is 11.6 Å². The lowest BCUT2D eigenvalue weighted by atomic mass is 10.1. The van der Waals surface area contributed by atoms with E-state index in [0.29, 0.717) is 0 Å². The highest BCUT2D eigenvalue weighted by molar-refractivity contribution is 7.99. The molecule has 1 aromatic rings. The van der Waals surface area contributed by atoms with Crippen LogP contribution in [0.25, 0.3) is 0 Å². The summed E-state index contributed by atoms with van der Waals surface area (Å²) in [7, 11) is 0. The Morgan fingerprint density at radius 1 is 1.35 bits per heavy atom. The predicted octanol–water partition coefficient (Wildman–Crippen LogP) is 4.41. The van der Waals surface area contributed by atoms with E-state index in [0.717, 1.165) is 23.3 Å². The number of hydrogen-bond donors (Lipinski definition) is 1. The molecule has 2 rings (SSSR count). The number of thiophene rings is 1. The second-order valence-electron chi connectivity index (χ2n) is 4.61. The van der Waals surface area contributed by atoms with Crippen molar-refractivity contribution in [3.63, 3.8) is 0 Å². The van der Waals surface area contributed by atoms with Gasteiger partial charge >= 0.3 is 0 Å². The Morgan fingerprint density at radius 3 is 2.88 bits per heavy atom. The van der Waals surface area contributed by atoms with E-state index in [9.17, 15) is 0 Å². The highest BCUT2D eigenvalue weighted by Crippen LogP contribution is 2.27. The van der Waals surface area contributed by atoms with Crippen LogP contribution < -0.4 is 5.32 Å². The minimum atomic E-state index is 0.886. The van der Waals surface area contributed by atoms with E-state index in [1.165, 1.54) is 42.1 Å². The molecule has 0 aromatic carbocycles. The number of thioether (sulfide) groups is 1. The molecule has 1 aliphatic rings. The zero-order chi connectivity index (χ0) is 11.9. The van der Waals surface area contributed by atoms with Gasteiger partial charge in [0, 0.05) is 23.7 Å². The highest BCUT2D eigenvalue weighted by atomic mass is 35.5. The van der Waals surface area contributed by atoms with Crippen molar-refractivity contribution in [1.29, 1.82) is 0 Å². The molecule has 1 N–H and O–H groups in total. The van der Waals surface area contributed by atoms with Gasteiger partial charge < -0.3 is 5.32 Å².